The highest BCUT2D eigenvalue weighted by atomic mass is 16.6. The minimum absolute atomic E-state index is 0.0933. The number of carbonyl (C=O) groups is 2. The van der Waals surface area contributed by atoms with Gasteiger partial charge in [0.2, 0.25) is 5.78 Å². The molecule has 2 heterocycles. The zero-order valence-electron chi connectivity index (χ0n) is 16.1. The van der Waals surface area contributed by atoms with Crippen molar-refractivity contribution in [1.82, 2.24) is 9.97 Å². The second kappa shape index (κ2) is 8.50. The number of ketones is 1. The lowest BCUT2D eigenvalue weighted by Crippen LogP contribution is -2.15. The van der Waals surface area contributed by atoms with Crippen molar-refractivity contribution < 1.29 is 19.2 Å². The molecule has 4 aromatic rings. The molecule has 0 unspecified atom stereocenters. The van der Waals surface area contributed by atoms with Crippen LogP contribution < -0.4 is 0 Å². The van der Waals surface area contributed by atoms with Gasteiger partial charge in [-0.3, -0.25) is 19.9 Å². The summed E-state index contributed by atoms with van der Waals surface area (Å²) in [6.07, 6.45) is 1.63. The first-order valence-electron chi connectivity index (χ1n) is 9.29. The second-order valence-corrected chi connectivity index (χ2v) is 6.59. The molecule has 0 N–H and O–H groups in total. The number of nitrogens with zero attached hydrogens (tertiary/aromatic N) is 3. The molecular formula is C23H15N3O5. The molecule has 2 aromatic heterocycles. The average Bonchev–Trinajstić information content (AvgIpc) is 2.82. The number of non-ortho nitro benzene ring substituents is 1. The molecule has 0 aliphatic carbocycles. The van der Waals surface area contributed by atoms with E-state index < -0.39 is 23.3 Å². The minimum Gasteiger partial charge on any atom is -0.454 e. The van der Waals surface area contributed by atoms with Crippen LogP contribution in [0.1, 0.15) is 20.7 Å². The van der Waals surface area contributed by atoms with Gasteiger partial charge in [0.05, 0.1) is 27.4 Å². The van der Waals surface area contributed by atoms with Gasteiger partial charge in [-0.05, 0) is 24.3 Å². The van der Waals surface area contributed by atoms with Gasteiger partial charge in [0.15, 0.2) is 6.61 Å². The summed E-state index contributed by atoms with van der Waals surface area (Å²) in [5, 5.41) is 11.5. The number of nitro benzene ring substituents is 1. The number of benzene rings is 2. The number of pyridine rings is 2. The van der Waals surface area contributed by atoms with Crippen LogP contribution in [0.5, 0.6) is 0 Å². The summed E-state index contributed by atoms with van der Waals surface area (Å²) in [7, 11) is 0. The molecule has 0 amide bonds. The predicted molar refractivity (Wildman–Crippen MR) is 113 cm³/mol. The summed E-state index contributed by atoms with van der Waals surface area (Å²) in [6, 6.07) is 19.3. The summed E-state index contributed by atoms with van der Waals surface area (Å²) in [5.41, 5.74) is 1.81. The Morgan fingerprint density at radius 1 is 0.935 bits per heavy atom. The topological polar surface area (TPSA) is 112 Å². The van der Waals surface area contributed by atoms with E-state index in [0.717, 1.165) is 6.07 Å². The van der Waals surface area contributed by atoms with E-state index in [2.05, 4.69) is 9.97 Å². The number of Topliss-reactive ketones (excluding diaryl/α,β-unsaturated/α-hetero) is 1. The van der Waals surface area contributed by atoms with E-state index in [9.17, 15) is 19.7 Å². The van der Waals surface area contributed by atoms with Crippen molar-refractivity contribution in [2.75, 3.05) is 6.61 Å². The van der Waals surface area contributed by atoms with Crippen LogP contribution in [0.4, 0.5) is 5.69 Å². The summed E-state index contributed by atoms with van der Waals surface area (Å²) in [5.74, 6) is -1.24. The lowest BCUT2D eigenvalue weighted by molar-refractivity contribution is -0.384. The van der Waals surface area contributed by atoms with E-state index in [1.54, 1.807) is 48.7 Å². The first kappa shape index (κ1) is 19.8. The highest BCUT2D eigenvalue weighted by Gasteiger charge is 2.18. The first-order valence-corrected chi connectivity index (χ1v) is 9.29. The maximum atomic E-state index is 12.8. The second-order valence-electron chi connectivity index (χ2n) is 6.59. The Morgan fingerprint density at radius 3 is 2.52 bits per heavy atom. The number of aromatic nitrogens is 2. The van der Waals surface area contributed by atoms with Gasteiger partial charge >= 0.3 is 5.97 Å². The van der Waals surface area contributed by atoms with E-state index >= 15 is 0 Å². The number of para-hydroxylation sites is 1. The number of rotatable bonds is 6. The number of hydrogen-bond donors (Lipinski definition) is 0. The molecule has 4 rings (SSSR count). The quantitative estimate of drug-likeness (QED) is 0.201. The molecule has 0 aliphatic heterocycles. The van der Waals surface area contributed by atoms with Crippen molar-refractivity contribution in [2.24, 2.45) is 0 Å². The maximum Gasteiger partial charge on any atom is 0.339 e. The van der Waals surface area contributed by atoms with Crippen molar-refractivity contribution >= 4 is 28.3 Å². The summed E-state index contributed by atoms with van der Waals surface area (Å²) >= 11 is 0. The van der Waals surface area contributed by atoms with Gasteiger partial charge in [-0.25, -0.2) is 9.78 Å². The summed E-state index contributed by atoms with van der Waals surface area (Å²) < 4.78 is 5.24. The van der Waals surface area contributed by atoms with Gasteiger partial charge in [-0.1, -0.05) is 36.4 Å². The Balaban J connectivity index is 1.61. The zero-order valence-corrected chi connectivity index (χ0v) is 16.1. The van der Waals surface area contributed by atoms with Crippen LogP contribution >= 0.6 is 0 Å². The third-order valence-corrected chi connectivity index (χ3v) is 4.58. The van der Waals surface area contributed by atoms with Crippen LogP contribution in [-0.2, 0) is 4.74 Å². The minimum atomic E-state index is -0.699. The highest BCUT2D eigenvalue weighted by Crippen LogP contribution is 2.24. The number of hydrogen-bond acceptors (Lipinski definition) is 7. The van der Waals surface area contributed by atoms with Crippen LogP contribution in [-0.4, -0.2) is 33.3 Å². The Morgan fingerprint density at radius 2 is 1.74 bits per heavy atom. The molecule has 0 fully saturated rings. The van der Waals surface area contributed by atoms with Crippen molar-refractivity contribution in [2.45, 2.75) is 0 Å². The number of fused-ring (bicyclic) bond motifs is 1. The monoisotopic (exact) mass is 413 g/mol. The molecule has 0 bridgehead atoms. The Bertz CT molecular complexity index is 1310. The third kappa shape index (κ3) is 4.27. The Kier molecular flexibility index (Phi) is 5.44. The van der Waals surface area contributed by atoms with Crippen molar-refractivity contribution in [3.05, 3.63) is 100 Å². The van der Waals surface area contributed by atoms with Gasteiger partial charge < -0.3 is 4.74 Å². The van der Waals surface area contributed by atoms with Gasteiger partial charge in [-0.15, -0.1) is 0 Å². The van der Waals surface area contributed by atoms with Crippen LogP contribution in [0.3, 0.4) is 0 Å². The average molecular weight is 413 g/mol. The Labute approximate surface area is 176 Å². The molecule has 31 heavy (non-hydrogen) atoms. The van der Waals surface area contributed by atoms with E-state index in [1.165, 1.54) is 18.2 Å². The molecule has 8 nitrogen and oxygen atoms in total. The molecule has 2 aromatic carbocycles. The molecule has 8 heteroatoms. The van der Waals surface area contributed by atoms with Crippen LogP contribution in [0.25, 0.3) is 22.3 Å². The van der Waals surface area contributed by atoms with Crippen LogP contribution in [0, 0.1) is 10.1 Å². The van der Waals surface area contributed by atoms with Crippen molar-refractivity contribution in [3.8, 4) is 11.4 Å². The van der Waals surface area contributed by atoms with E-state index in [4.69, 9.17) is 4.74 Å². The van der Waals surface area contributed by atoms with Crippen molar-refractivity contribution in [3.63, 3.8) is 0 Å². The number of carbonyl (C=O) groups excluding carboxylic acids is 2. The highest BCUT2D eigenvalue weighted by molar-refractivity contribution is 6.06. The third-order valence-electron chi connectivity index (χ3n) is 4.58. The van der Waals surface area contributed by atoms with Crippen molar-refractivity contribution in [1.29, 1.82) is 0 Å². The molecule has 0 radical (unpaired) electrons. The lowest BCUT2D eigenvalue weighted by atomic mass is 10.1. The summed E-state index contributed by atoms with van der Waals surface area (Å²) in [6.45, 7) is -0.546. The van der Waals surface area contributed by atoms with E-state index in [-0.39, 0.29) is 16.8 Å². The van der Waals surface area contributed by atoms with Crippen LogP contribution in [0.15, 0.2) is 79.0 Å². The molecule has 0 saturated heterocycles. The predicted octanol–water partition coefficient (Wildman–Crippen LogP) is 4.24. The fourth-order valence-electron chi connectivity index (χ4n) is 3.07. The number of ether oxygens (including phenoxy) is 1. The van der Waals surface area contributed by atoms with Crippen LogP contribution in [0.2, 0.25) is 0 Å². The fourth-order valence-corrected chi connectivity index (χ4v) is 3.07. The molecular weight excluding hydrogens is 398 g/mol. The van der Waals surface area contributed by atoms with Gasteiger partial charge in [0.25, 0.3) is 5.69 Å². The van der Waals surface area contributed by atoms with E-state index in [0.29, 0.717) is 22.3 Å². The lowest BCUT2D eigenvalue weighted by Gasteiger charge is -2.09. The molecule has 0 spiro atoms. The normalized spacial score (nSPS) is 10.6. The van der Waals surface area contributed by atoms with Gasteiger partial charge in [-0.2, -0.15) is 0 Å². The number of esters is 1. The Hall–Kier alpha value is -4.46. The first-order chi connectivity index (χ1) is 15.0. The zero-order chi connectivity index (χ0) is 21.8. The summed E-state index contributed by atoms with van der Waals surface area (Å²) in [4.78, 5) is 44.3. The number of nitro groups is 1. The maximum absolute atomic E-state index is 12.8. The molecule has 0 saturated carbocycles. The standard InChI is InChI=1S/C23H15N3O5/c27-22(15-6-5-7-16(12-15)26(29)30)14-31-23(28)18-13-21(20-10-3-4-11-24-20)25-19-9-2-1-8-17(18)19/h1-13H,14H2. The van der Waals surface area contributed by atoms with E-state index in [1.807, 2.05) is 6.07 Å². The molecule has 152 valence electrons. The van der Waals surface area contributed by atoms with Gasteiger partial charge in [0.1, 0.15) is 0 Å². The molecule has 0 aliphatic rings. The SMILES string of the molecule is O=C(COC(=O)c1cc(-c2ccccn2)nc2ccccc12)c1cccc([N+](=O)[O-])c1. The van der Waals surface area contributed by atoms with Gasteiger partial charge in [0, 0.05) is 29.3 Å². The molecule has 0 atom stereocenters. The smallest absolute Gasteiger partial charge is 0.339 e. The fraction of sp³-hybridized carbons (Fsp3) is 0.0435. The largest absolute Gasteiger partial charge is 0.454 e.